The predicted molar refractivity (Wildman–Crippen MR) is 63.6 cm³/mol. The quantitative estimate of drug-likeness (QED) is 0.707. The first-order valence-electron chi connectivity index (χ1n) is 5.78. The molecule has 0 aromatic carbocycles. The minimum atomic E-state index is -0.938. The standard InChI is InChI=1S/C12H21NO4/c1-12(2,3)17-11(16)13-7-5-4-6-9(13)10(15)8-14/h4-5,9-10,14-15H,6-8H2,1-3H3. The van der Waals surface area contributed by atoms with E-state index in [4.69, 9.17) is 9.84 Å². The summed E-state index contributed by atoms with van der Waals surface area (Å²) in [5.41, 5.74) is -0.563. The van der Waals surface area contributed by atoms with Gasteiger partial charge in [0.05, 0.1) is 18.8 Å². The van der Waals surface area contributed by atoms with E-state index in [1.807, 2.05) is 12.2 Å². The van der Waals surface area contributed by atoms with Gasteiger partial charge in [-0.3, -0.25) is 4.90 Å². The first-order chi connectivity index (χ1) is 7.85. The van der Waals surface area contributed by atoms with Gasteiger partial charge in [0.1, 0.15) is 5.60 Å². The minimum Gasteiger partial charge on any atom is -0.444 e. The van der Waals surface area contributed by atoms with E-state index < -0.39 is 23.8 Å². The van der Waals surface area contributed by atoms with E-state index in [2.05, 4.69) is 0 Å². The van der Waals surface area contributed by atoms with Crippen LogP contribution < -0.4 is 0 Å². The molecule has 1 aliphatic rings. The second-order valence-corrected chi connectivity index (χ2v) is 5.16. The van der Waals surface area contributed by atoms with E-state index in [-0.39, 0.29) is 6.61 Å². The molecule has 2 unspecified atom stereocenters. The van der Waals surface area contributed by atoms with Crippen LogP contribution in [0.4, 0.5) is 4.79 Å². The average molecular weight is 243 g/mol. The molecular weight excluding hydrogens is 222 g/mol. The van der Waals surface area contributed by atoms with Crippen LogP contribution in [-0.2, 0) is 4.74 Å². The normalized spacial score (nSPS) is 22.4. The summed E-state index contributed by atoms with van der Waals surface area (Å²) in [4.78, 5) is 13.4. The van der Waals surface area contributed by atoms with Gasteiger partial charge in [0, 0.05) is 6.54 Å². The summed E-state index contributed by atoms with van der Waals surface area (Å²) in [5.74, 6) is 0. The van der Waals surface area contributed by atoms with E-state index in [0.717, 1.165) is 0 Å². The Kier molecular flexibility index (Phi) is 4.54. The Hall–Kier alpha value is -1.07. The highest BCUT2D eigenvalue weighted by atomic mass is 16.6. The molecule has 5 nitrogen and oxygen atoms in total. The lowest BCUT2D eigenvalue weighted by Crippen LogP contribution is -2.51. The lowest BCUT2D eigenvalue weighted by atomic mass is 10.0. The highest BCUT2D eigenvalue weighted by Crippen LogP contribution is 2.19. The maximum Gasteiger partial charge on any atom is 0.410 e. The third kappa shape index (κ3) is 4.02. The van der Waals surface area contributed by atoms with Crippen molar-refractivity contribution >= 4 is 6.09 Å². The molecule has 1 rings (SSSR count). The third-order valence-electron chi connectivity index (χ3n) is 2.51. The molecule has 1 amide bonds. The molecule has 0 aliphatic carbocycles. The monoisotopic (exact) mass is 243 g/mol. The van der Waals surface area contributed by atoms with E-state index in [0.29, 0.717) is 13.0 Å². The number of ether oxygens (including phenoxy) is 1. The topological polar surface area (TPSA) is 70.0 Å². The Morgan fingerprint density at radius 2 is 2.18 bits per heavy atom. The van der Waals surface area contributed by atoms with Crippen LogP contribution in [0.25, 0.3) is 0 Å². The molecule has 2 N–H and O–H groups in total. The van der Waals surface area contributed by atoms with Crippen molar-refractivity contribution in [3.63, 3.8) is 0 Å². The summed E-state index contributed by atoms with van der Waals surface area (Å²) in [6.45, 7) is 5.42. The molecule has 1 heterocycles. The Morgan fingerprint density at radius 1 is 1.53 bits per heavy atom. The Labute approximate surface area is 102 Å². The van der Waals surface area contributed by atoms with Crippen molar-refractivity contribution in [3.05, 3.63) is 12.2 Å². The van der Waals surface area contributed by atoms with Crippen molar-refractivity contribution in [3.8, 4) is 0 Å². The highest BCUT2D eigenvalue weighted by Gasteiger charge is 2.32. The fourth-order valence-corrected chi connectivity index (χ4v) is 1.70. The number of aliphatic hydroxyl groups excluding tert-OH is 2. The Bertz CT molecular complexity index is 295. The van der Waals surface area contributed by atoms with Gasteiger partial charge < -0.3 is 14.9 Å². The third-order valence-corrected chi connectivity index (χ3v) is 2.51. The van der Waals surface area contributed by atoms with Crippen molar-refractivity contribution in [2.75, 3.05) is 13.2 Å². The van der Waals surface area contributed by atoms with E-state index in [1.165, 1.54) is 4.90 Å². The zero-order valence-corrected chi connectivity index (χ0v) is 10.6. The summed E-state index contributed by atoms with van der Waals surface area (Å²) in [5, 5.41) is 18.6. The Balaban J connectivity index is 2.72. The molecule has 0 saturated carbocycles. The summed E-state index contributed by atoms with van der Waals surface area (Å²) in [6, 6.07) is -0.417. The number of rotatable bonds is 2. The number of hydrogen-bond acceptors (Lipinski definition) is 4. The van der Waals surface area contributed by atoms with E-state index in [9.17, 15) is 9.90 Å². The molecule has 0 fully saturated rings. The van der Waals surface area contributed by atoms with Gasteiger partial charge >= 0.3 is 6.09 Å². The minimum absolute atomic E-state index is 0.363. The van der Waals surface area contributed by atoms with Crippen LogP contribution in [0.3, 0.4) is 0 Å². The number of nitrogens with zero attached hydrogens (tertiary/aromatic N) is 1. The van der Waals surface area contributed by atoms with Crippen molar-refractivity contribution in [2.45, 2.75) is 44.9 Å². The lowest BCUT2D eigenvalue weighted by Gasteiger charge is -2.36. The van der Waals surface area contributed by atoms with Gasteiger partial charge in [0.2, 0.25) is 0 Å². The van der Waals surface area contributed by atoms with Gasteiger partial charge in [0.25, 0.3) is 0 Å². The second-order valence-electron chi connectivity index (χ2n) is 5.16. The van der Waals surface area contributed by atoms with Crippen LogP contribution >= 0.6 is 0 Å². The zero-order chi connectivity index (χ0) is 13.1. The van der Waals surface area contributed by atoms with Gasteiger partial charge in [0.15, 0.2) is 0 Å². The highest BCUT2D eigenvalue weighted by molar-refractivity contribution is 5.69. The van der Waals surface area contributed by atoms with Crippen molar-refractivity contribution in [1.82, 2.24) is 4.90 Å². The molecular formula is C12H21NO4. The molecule has 0 radical (unpaired) electrons. The molecule has 0 aromatic heterocycles. The van der Waals surface area contributed by atoms with E-state index >= 15 is 0 Å². The average Bonchev–Trinajstić information content (AvgIpc) is 2.25. The van der Waals surface area contributed by atoms with Crippen LogP contribution in [0, 0.1) is 0 Å². The van der Waals surface area contributed by atoms with Crippen LogP contribution in [-0.4, -0.2) is 52.1 Å². The van der Waals surface area contributed by atoms with Gasteiger partial charge in [-0.1, -0.05) is 12.2 Å². The van der Waals surface area contributed by atoms with Crippen molar-refractivity contribution in [2.24, 2.45) is 0 Å². The number of amides is 1. The largest absolute Gasteiger partial charge is 0.444 e. The fraction of sp³-hybridized carbons (Fsp3) is 0.750. The fourth-order valence-electron chi connectivity index (χ4n) is 1.70. The molecule has 2 atom stereocenters. The number of aliphatic hydroxyl groups is 2. The first-order valence-corrected chi connectivity index (χ1v) is 5.78. The summed E-state index contributed by atoms with van der Waals surface area (Å²) in [6.07, 6.45) is 2.88. The number of carbonyl (C=O) groups is 1. The van der Waals surface area contributed by atoms with Crippen molar-refractivity contribution < 1.29 is 19.7 Å². The maximum absolute atomic E-state index is 11.9. The van der Waals surface area contributed by atoms with Gasteiger partial charge in [-0.05, 0) is 27.2 Å². The lowest BCUT2D eigenvalue weighted by molar-refractivity contribution is -0.0162. The first kappa shape index (κ1) is 14.0. The zero-order valence-electron chi connectivity index (χ0n) is 10.6. The van der Waals surface area contributed by atoms with Crippen LogP contribution in [0.2, 0.25) is 0 Å². The number of carbonyl (C=O) groups excluding carboxylic acids is 1. The molecule has 0 saturated heterocycles. The van der Waals surface area contributed by atoms with Gasteiger partial charge in [-0.15, -0.1) is 0 Å². The molecule has 0 aromatic rings. The molecule has 1 aliphatic heterocycles. The van der Waals surface area contributed by atoms with Crippen LogP contribution in [0.1, 0.15) is 27.2 Å². The molecule has 0 bridgehead atoms. The molecule has 0 spiro atoms. The van der Waals surface area contributed by atoms with Crippen LogP contribution in [0.5, 0.6) is 0 Å². The summed E-state index contributed by atoms with van der Waals surface area (Å²) < 4.78 is 5.26. The van der Waals surface area contributed by atoms with E-state index in [1.54, 1.807) is 20.8 Å². The Morgan fingerprint density at radius 3 is 2.71 bits per heavy atom. The second kappa shape index (κ2) is 5.51. The molecule has 98 valence electrons. The predicted octanol–water partition coefficient (Wildman–Crippen LogP) is 0.905. The van der Waals surface area contributed by atoms with Crippen molar-refractivity contribution in [1.29, 1.82) is 0 Å². The number of hydrogen-bond donors (Lipinski definition) is 2. The summed E-state index contributed by atoms with van der Waals surface area (Å²) >= 11 is 0. The summed E-state index contributed by atoms with van der Waals surface area (Å²) in [7, 11) is 0. The SMILES string of the molecule is CC(C)(C)OC(=O)N1CC=CCC1C(O)CO. The van der Waals surface area contributed by atoms with Crippen LogP contribution in [0.15, 0.2) is 12.2 Å². The van der Waals surface area contributed by atoms with Gasteiger partial charge in [-0.25, -0.2) is 4.79 Å². The molecule has 5 heteroatoms. The maximum atomic E-state index is 11.9. The molecule has 17 heavy (non-hydrogen) atoms. The smallest absolute Gasteiger partial charge is 0.410 e. The van der Waals surface area contributed by atoms with Gasteiger partial charge in [-0.2, -0.15) is 0 Å².